The Labute approximate surface area is 299 Å². The molecular formula is C42H42ClN3O4. The molecule has 5 aromatic rings. The summed E-state index contributed by atoms with van der Waals surface area (Å²) in [7, 11) is 0. The number of ether oxygens (including phenoxy) is 3. The van der Waals surface area contributed by atoms with Crippen LogP contribution in [0.5, 0.6) is 23.1 Å². The van der Waals surface area contributed by atoms with Crippen LogP contribution in [-0.4, -0.2) is 53.5 Å². The highest BCUT2D eigenvalue weighted by Gasteiger charge is 2.19. The second kappa shape index (κ2) is 17.0. The standard InChI is InChI=1S/C42H42ClN3O4/c1-31-3-5-35(6-4-31)30-49-40-18-19-41(44-28-40)50-39-15-11-36(32(2)27-39)12-20-42(47)46-24-22-45(23-25-46)29-34-9-7-33(8-10-34)21-26-48-38-16-13-37(43)14-17-38/h3-20,27-28H,21-26,29-30H2,1-2H3. The average molecular weight is 688 g/mol. The van der Waals surface area contributed by atoms with E-state index in [4.69, 9.17) is 25.8 Å². The van der Waals surface area contributed by atoms with Gasteiger partial charge in [0.15, 0.2) is 0 Å². The highest BCUT2D eigenvalue weighted by Crippen LogP contribution is 2.25. The van der Waals surface area contributed by atoms with Crippen LogP contribution in [-0.2, 0) is 24.4 Å². The van der Waals surface area contributed by atoms with Crippen LogP contribution in [0.15, 0.2) is 115 Å². The zero-order valence-electron chi connectivity index (χ0n) is 28.6. The average Bonchev–Trinajstić information content (AvgIpc) is 3.13. The summed E-state index contributed by atoms with van der Waals surface area (Å²) in [5.74, 6) is 2.70. The topological polar surface area (TPSA) is 64.1 Å². The summed E-state index contributed by atoms with van der Waals surface area (Å²) < 4.78 is 17.7. The van der Waals surface area contributed by atoms with Crippen LogP contribution in [0.25, 0.3) is 6.08 Å². The van der Waals surface area contributed by atoms with Crippen LogP contribution in [0.4, 0.5) is 0 Å². The molecule has 1 aliphatic rings. The maximum atomic E-state index is 13.0. The molecule has 1 aliphatic heterocycles. The number of benzene rings is 4. The van der Waals surface area contributed by atoms with E-state index in [2.05, 4.69) is 65.3 Å². The fraction of sp³-hybridized carbons (Fsp3) is 0.238. The highest BCUT2D eigenvalue weighted by atomic mass is 35.5. The lowest BCUT2D eigenvalue weighted by molar-refractivity contribution is -0.127. The molecule has 50 heavy (non-hydrogen) atoms. The van der Waals surface area contributed by atoms with E-state index < -0.39 is 0 Å². The van der Waals surface area contributed by atoms with Gasteiger partial charge >= 0.3 is 0 Å². The SMILES string of the molecule is Cc1ccc(COc2ccc(Oc3ccc(C=CC(=O)N4CCN(Cc5ccc(CCOc6ccc(Cl)cc6)cc5)CC4)c(C)c3)nc2)cc1. The predicted molar refractivity (Wildman–Crippen MR) is 199 cm³/mol. The number of hydrogen-bond donors (Lipinski definition) is 0. The van der Waals surface area contributed by atoms with Crippen LogP contribution in [0.3, 0.4) is 0 Å². The molecule has 1 saturated heterocycles. The third-order valence-electron chi connectivity index (χ3n) is 8.69. The number of carbonyl (C=O) groups excluding carboxylic acids is 1. The summed E-state index contributed by atoms with van der Waals surface area (Å²) in [6.45, 7) is 9.14. The van der Waals surface area contributed by atoms with Gasteiger partial charge in [-0.05, 0) is 90.2 Å². The van der Waals surface area contributed by atoms with E-state index in [1.165, 1.54) is 16.7 Å². The predicted octanol–water partition coefficient (Wildman–Crippen LogP) is 8.70. The van der Waals surface area contributed by atoms with E-state index in [-0.39, 0.29) is 5.91 Å². The minimum Gasteiger partial charge on any atom is -0.493 e. The van der Waals surface area contributed by atoms with E-state index in [1.54, 1.807) is 18.3 Å². The second-order valence-corrected chi connectivity index (χ2v) is 13.0. The second-order valence-electron chi connectivity index (χ2n) is 12.5. The quantitative estimate of drug-likeness (QED) is 0.115. The van der Waals surface area contributed by atoms with Crippen molar-refractivity contribution >= 4 is 23.6 Å². The molecule has 2 heterocycles. The van der Waals surface area contributed by atoms with Crippen molar-refractivity contribution < 1.29 is 19.0 Å². The first-order valence-corrected chi connectivity index (χ1v) is 17.3. The monoisotopic (exact) mass is 687 g/mol. The van der Waals surface area contributed by atoms with Crippen LogP contribution in [0, 0.1) is 13.8 Å². The Morgan fingerprint density at radius 1 is 0.760 bits per heavy atom. The van der Waals surface area contributed by atoms with Crippen LogP contribution >= 0.6 is 11.6 Å². The molecule has 4 aromatic carbocycles. The zero-order valence-corrected chi connectivity index (χ0v) is 29.3. The molecule has 0 bridgehead atoms. The first kappa shape index (κ1) is 34.7. The van der Waals surface area contributed by atoms with E-state index in [0.29, 0.717) is 48.7 Å². The van der Waals surface area contributed by atoms with Crippen LogP contribution in [0.2, 0.25) is 5.02 Å². The Morgan fingerprint density at radius 3 is 2.14 bits per heavy atom. The molecule has 1 aromatic heterocycles. The van der Waals surface area contributed by atoms with Gasteiger partial charge in [0.1, 0.15) is 23.9 Å². The van der Waals surface area contributed by atoms with Gasteiger partial charge in [0.25, 0.3) is 0 Å². The van der Waals surface area contributed by atoms with Gasteiger partial charge in [0.05, 0.1) is 12.8 Å². The summed E-state index contributed by atoms with van der Waals surface area (Å²) in [4.78, 5) is 21.7. The number of pyridine rings is 1. The first-order valence-electron chi connectivity index (χ1n) is 16.9. The number of aryl methyl sites for hydroxylation is 2. The number of nitrogens with zero attached hydrogens (tertiary/aromatic N) is 3. The third-order valence-corrected chi connectivity index (χ3v) is 8.94. The summed E-state index contributed by atoms with van der Waals surface area (Å²) in [5.41, 5.74) is 6.81. The summed E-state index contributed by atoms with van der Waals surface area (Å²) in [6.07, 6.45) is 6.06. The normalized spacial score (nSPS) is 13.4. The van der Waals surface area contributed by atoms with Crippen molar-refractivity contribution in [3.05, 3.63) is 154 Å². The van der Waals surface area contributed by atoms with Gasteiger partial charge in [-0.15, -0.1) is 0 Å². The number of piperazine rings is 1. The molecule has 8 heteroatoms. The summed E-state index contributed by atoms with van der Waals surface area (Å²) >= 11 is 5.94. The Hall–Kier alpha value is -5.11. The molecule has 0 saturated carbocycles. The molecule has 0 N–H and O–H groups in total. The first-order chi connectivity index (χ1) is 24.4. The van der Waals surface area contributed by atoms with Crippen molar-refractivity contribution in [2.45, 2.75) is 33.4 Å². The Morgan fingerprint density at radius 2 is 1.44 bits per heavy atom. The molecule has 0 spiro atoms. The molecule has 6 rings (SSSR count). The van der Waals surface area contributed by atoms with Crippen molar-refractivity contribution in [1.82, 2.24) is 14.8 Å². The Kier molecular flexibility index (Phi) is 11.8. The minimum atomic E-state index is 0.0310. The van der Waals surface area contributed by atoms with Crippen LogP contribution < -0.4 is 14.2 Å². The number of halogens is 1. The zero-order chi connectivity index (χ0) is 34.7. The third kappa shape index (κ3) is 10.2. The van der Waals surface area contributed by atoms with Gasteiger partial charge in [0.2, 0.25) is 11.8 Å². The lowest BCUT2D eigenvalue weighted by Crippen LogP contribution is -2.47. The Bertz CT molecular complexity index is 1870. The van der Waals surface area contributed by atoms with Crippen molar-refractivity contribution in [3.63, 3.8) is 0 Å². The largest absolute Gasteiger partial charge is 0.493 e. The van der Waals surface area contributed by atoms with Gasteiger partial charge in [0, 0.05) is 56.3 Å². The van der Waals surface area contributed by atoms with Crippen LogP contribution in [0.1, 0.15) is 33.4 Å². The van der Waals surface area contributed by atoms with Gasteiger partial charge in [-0.3, -0.25) is 9.69 Å². The molecule has 0 aliphatic carbocycles. The molecule has 0 unspecified atom stereocenters. The van der Waals surface area contributed by atoms with Gasteiger partial charge in [-0.2, -0.15) is 0 Å². The van der Waals surface area contributed by atoms with Crippen molar-refractivity contribution in [2.24, 2.45) is 0 Å². The molecule has 0 radical (unpaired) electrons. The fourth-order valence-corrected chi connectivity index (χ4v) is 5.79. The summed E-state index contributed by atoms with van der Waals surface area (Å²) in [6, 6.07) is 33.9. The van der Waals surface area contributed by atoms with Gasteiger partial charge in [-0.25, -0.2) is 4.98 Å². The Balaban J connectivity index is 0.911. The number of carbonyl (C=O) groups is 1. The molecule has 1 fully saturated rings. The highest BCUT2D eigenvalue weighted by molar-refractivity contribution is 6.30. The molecule has 0 atom stereocenters. The molecule has 7 nitrogen and oxygen atoms in total. The number of hydrogen-bond acceptors (Lipinski definition) is 6. The summed E-state index contributed by atoms with van der Waals surface area (Å²) in [5, 5.41) is 0.704. The molecule has 1 amide bonds. The number of amides is 1. The minimum absolute atomic E-state index is 0.0310. The van der Waals surface area contributed by atoms with E-state index in [1.807, 2.05) is 66.4 Å². The van der Waals surface area contributed by atoms with E-state index in [9.17, 15) is 4.79 Å². The maximum absolute atomic E-state index is 13.0. The van der Waals surface area contributed by atoms with E-state index in [0.717, 1.165) is 48.5 Å². The molecular weight excluding hydrogens is 646 g/mol. The van der Waals surface area contributed by atoms with E-state index >= 15 is 0 Å². The fourth-order valence-electron chi connectivity index (χ4n) is 5.66. The van der Waals surface area contributed by atoms with Gasteiger partial charge < -0.3 is 19.1 Å². The lowest BCUT2D eigenvalue weighted by atomic mass is 10.1. The van der Waals surface area contributed by atoms with Crippen molar-refractivity contribution in [3.8, 4) is 23.1 Å². The maximum Gasteiger partial charge on any atom is 0.246 e. The number of rotatable bonds is 13. The van der Waals surface area contributed by atoms with Crippen molar-refractivity contribution in [2.75, 3.05) is 32.8 Å². The van der Waals surface area contributed by atoms with Crippen molar-refractivity contribution in [1.29, 1.82) is 0 Å². The smallest absolute Gasteiger partial charge is 0.246 e. The van der Waals surface area contributed by atoms with Gasteiger partial charge in [-0.1, -0.05) is 71.8 Å². The number of aromatic nitrogens is 1. The molecule has 256 valence electrons. The lowest BCUT2D eigenvalue weighted by Gasteiger charge is -2.34.